The summed E-state index contributed by atoms with van der Waals surface area (Å²) in [5, 5.41) is 14.0. The monoisotopic (exact) mass is 416 g/mol. The zero-order valence-corrected chi connectivity index (χ0v) is 16.7. The Morgan fingerprint density at radius 1 is 1.13 bits per heavy atom. The summed E-state index contributed by atoms with van der Waals surface area (Å²) >= 11 is 0. The first-order valence-corrected chi connectivity index (χ1v) is 9.97. The van der Waals surface area contributed by atoms with Crippen LogP contribution in [0.1, 0.15) is 45.5 Å². The Labute approximate surface area is 178 Å². The fraction of sp³-hybridized carbons (Fsp3) is 0.261. The average Bonchev–Trinajstić information content (AvgIpc) is 3.08. The highest BCUT2D eigenvalue weighted by atomic mass is 16.2. The Kier molecular flexibility index (Phi) is 5.50. The van der Waals surface area contributed by atoms with Crippen LogP contribution in [0.3, 0.4) is 0 Å². The van der Waals surface area contributed by atoms with Crippen LogP contribution in [0.5, 0.6) is 0 Å². The normalized spacial score (nSPS) is 17.7. The van der Waals surface area contributed by atoms with Gasteiger partial charge in [0, 0.05) is 25.1 Å². The molecular weight excluding hydrogens is 396 g/mol. The Hall–Kier alpha value is -3.99. The number of hydrogen-bond acceptors (Lipinski definition) is 5. The molecule has 2 aliphatic rings. The molecule has 1 saturated heterocycles. The number of amides is 4. The Morgan fingerprint density at radius 3 is 2.58 bits per heavy atom. The minimum atomic E-state index is -0.645. The minimum Gasteiger partial charge on any atom is -0.352 e. The van der Waals surface area contributed by atoms with E-state index in [1.54, 1.807) is 30.3 Å². The molecule has 1 atom stereocenters. The molecule has 0 aromatic heterocycles. The third-order valence-electron chi connectivity index (χ3n) is 5.53. The zero-order chi connectivity index (χ0) is 22.0. The Bertz CT molecular complexity index is 1120. The van der Waals surface area contributed by atoms with E-state index in [-0.39, 0.29) is 37.1 Å². The van der Waals surface area contributed by atoms with E-state index in [0.29, 0.717) is 24.1 Å². The highest BCUT2D eigenvalue weighted by Gasteiger charge is 2.39. The van der Waals surface area contributed by atoms with E-state index in [1.807, 2.05) is 18.2 Å². The molecule has 0 spiro atoms. The summed E-state index contributed by atoms with van der Waals surface area (Å²) in [4.78, 5) is 50.1. The van der Waals surface area contributed by atoms with Crippen LogP contribution in [0.15, 0.2) is 42.5 Å². The van der Waals surface area contributed by atoms with E-state index < -0.39 is 11.9 Å². The van der Waals surface area contributed by atoms with Crippen molar-refractivity contribution in [3.05, 3.63) is 70.3 Å². The van der Waals surface area contributed by atoms with E-state index >= 15 is 0 Å². The summed E-state index contributed by atoms with van der Waals surface area (Å²) in [5.41, 5.74) is 3.47. The number of nitrogens with zero attached hydrogens (tertiary/aromatic N) is 2. The summed E-state index contributed by atoms with van der Waals surface area (Å²) in [6.07, 6.45) is 0.731. The molecule has 2 N–H and O–H groups in total. The van der Waals surface area contributed by atoms with Crippen molar-refractivity contribution in [2.75, 3.05) is 0 Å². The first-order valence-electron chi connectivity index (χ1n) is 9.97. The maximum atomic E-state index is 12.9. The average molecular weight is 416 g/mol. The minimum absolute atomic E-state index is 0.165. The first kappa shape index (κ1) is 20.3. The van der Waals surface area contributed by atoms with E-state index in [4.69, 9.17) is 5.26 Å². The molecular formula is C23H20N4O4. The van der Waals surface area contributed by atoms with E-state index in [2.05, 4.69) is 10.6 Å². The molecule has 2 aromatic carbocycles. The maximum Gasteiger partial charge on any atom is 0.255 e. The van der Waals surface area contributed by atoms with Gasteiger partial charge in [-0.05, 0) is 41.3 Å². The topological polar surface area (TPSA) is 119 Å². The summed E-state index contributed by atoms with van der Waals surface area (Å²) in [7, 11) is 0. The van der Waals surface area contributed by atoms with E-state index in [1.165, 1.54) is 4.90 Å². The molecule has 2 aliphatic heterocycles. The number of hydrogen-bond donors (Lipinski definition) is 2. The lowest BCUT2D eigenvalue weighted by Gasteiger charge is -2.29. The molecule has 8 heteroatoms. The molecule has 31 heavy (non-hydrogen) atoms. The number of benzene rings is 2. The third-order valence-corrected chi connectivity index (χ3v) is 5.53. The molecule has 2 heterocycles. The third kappa shape index (κ3) is 4.31. The predicted octanol–water partition coefficient (Wildman–Crippen LogP) is 1.18. The number of rotatable bonds is 5. The summed E-state index contributed by atoms with van der Waals surface area (Å²) in [5.74, 6) is -1.16. The van der Waals surface area contributed by atoms with Gasteiger partial charge in [0.05, 0.1) is 18.1 Å². The van der Waals surface area contributed by atoms with E-state index in [9.17, 15) is 19.2 Å². The van der Waals surface area contributed by atoms with Crippen molar-refractivity contribution in [2.45, 2.75) is 38.4 Å². The van der Waals surface area contributed by atoms with E-state index in [0.717, 1.165) is 16.7 Å². The SMILES string of the molecule is N#Cc1ccc(CC(=O)NCc2ccc3c(c2)C(=O)N(C2CCC(=O)NC2=O)C3)cc1. The highest BCUT2D eigenvalue weighted by Crippen LogP contribution is 2.28. The van der Waals surface area contributed by atoms with Crippen molar-refractivity contribution in [2.24, 2.45) is 0 Å². The highest BCUT2D eigenvalue weighted by molar-refractivity contribution is 6.05. The van der Waals surface area contributed by atoms with Crippen LogP contribution in [0.4, 0.5) is 0 Å². The molecule has 4 amide bonds. The molecule has 0 bridgehead atoms. The quantitative estimate of drug-likeness (QED) is 0.710. The van der Waals surface area contributed by atoms with Crippen LogP contribution in [0.25, 0.3) is 0 Å². The Morgan fingerprint density at radius 2 is 1.87 bits per heavy atom. The molecule has 1 fully saturated rings. The lowest BCUT2D eigenvalue weighted by Crippen LogP contribution is -2.52. The fourth-order valence-corrected chi connectivity index (χ4v) is 3.86. The summed E-state index contributed by atoms with van der Waals surface area (Å²) < 4.78 is 0. The van der Waals surface area contributed by atoms with Crippen LogP contribution < -0.4 is 10.6 Å². The van der Waals surface area contributed by atoms with Crippen molar-refractivity contribution in [1.29, 1.82) is 5.26 Å². The van der Waals surface area contributed by atoms with Crippen molar-refractivity contribution < 1.29 is 19.2 Å². The number of fused-ring (bicyclic) bond motifs is 1. The van der Waals surface area contributed by atoms with Crippen molar-refractivity contribution in [3.63, 3.8) is 0 Å². The number of piperidine rings is 1. The molecule has 8 nitrogen and oxygen atoms in total. The Balaban J connectivity index is 1.37. The molecule has 4 rings (SSSR count). The van der Waals surface area contributed by atoms with Gasteiger partial charge in [-0.2, -0.15) is 5.26 Å². The second-order valence-corrected chi connectivity index (χ2v) is 7.65. The summed E-state index contributed by atoms with van der Waals surface area (Å²) in [6.45, 7) is 0.597. The van der Waals surface area contributed by atoms with Gasteiger partial charge in [0.1, 0.15) is 6.04 Å². The van der Waals surface area contributed by atoms with Gasteiger partial charge < -0.3 is 10.2 Å². The number of imide groups is 1. The van der Waals surface area contributed by atoms with Crippen LogP contribution in [0.2, 0.25) is 0 Å². The lowest BCUT2D eigenvalue weighted by molar-refractivity contribution is -0.137. The van der Waals surface area contributed by atoms with Crippen LogP contribution in [0, 0.1) is 11.3 Å². The zero-order valence-electron chi connectivity index (χ0n) is 16.7. The molecule has 0 aliphatic carbocycles. The molecule has 156 valence electrons. The van der Waals surface area contributed by atoms with Gasteiger partial charge in [0.25, 0.3) is 5.91 Å². The summed E-state index contributed by atoms with van der Waals surface area (Å²) in [6, 6.07) is 13.6. The van der Waals surface area contributed by atoms with Crippen molar-refractivity contribution >= 4 is 23.6 Å². The fourth-order valence-electron chi connectivity index (χ4n) is 3.86. The van der Waals surface area contributed by atoms with Gasteiger partial charge >= 0.3 is 0 Å². The number of carbonyl (C=O) groups excluding carboxylic acids is 4. The molecule has 1 unspecified atom stereocenters. The second-order valence-electron chi connectivity index (χ2n) is 7.65. The molecule has 2 aromatic rings. The van der Waals surface area contributed by atoms with Crippen LogP contribution in [-0.2, 0) is 33.9 Å². The van der Waals surface area contributed by atoms with Crippen LogP contribution in [-0.4, -0.2) is 34.6 Å². The molecule has 0 radical (unpaired) electrons. The predicted molar refractivity (Wildman–Crippen MR) is 109 cm³/mol. The van der Waals surface area contributed by atoms with Crippen molar-refractivity contribution in [3.8, 4) is 6.07 Å². The molecule has 0 saturated carbocycles. The van der Waals surface area contributed by atoms with Crippen molar-refractivity contribution in [1.82, 2.24) is 15.5 Å². The number of nitriles is 1. The van der Waals surface area contributed by atoms with Crippen LogP contribution >= 0.6 is 0 Å². The first-order chi connectivity index (χ1) is 14.9. The second kappa shape index (κ2) is 8.40. The van der Waals surface area contributed by atoms with Gasteiger partial charge in [-0.3, -0.25) is 24.5 Å². The van der Waals surface area contributed by atoms with Gasteiger partial charge in [-0.15, -0.1) is 0 Å². The standard InChI is InChI=1S/C23H20N4O4/c24-11-15-3-1-14(2-4-15)10-21(29)25-12-16-5-6-17-13-27(23(31)18(17)9-16)19-7-8-20(28)26-22(19)30/h1-6,9,19H,7-8,10,12-13H2,(H,25,29)(H,26,28,30). The lowest BCUT2D eigenvalue weighted by atomic mass is 10.0. The van der Waals surface area contributed by atoms with Gasteiger partial charge in [0.2, 0.25) is 17.7 Å². The van der Waals surface area contributed by atoms with Gasteiger partial charge in [-0.1, -0.05) is 24.3 Å². The smallest absolute Gasteiger partial charge is 0.255 e. The van der Waals surface area contributed by atoms with Gasteiger partial charge in [0.15, 0.2) is 0 Å². The number of nitrogens with one attached hydrogen (secondary N) is 2. The maximum absolute atomic E-state index is 12.9. The van der Waals surface area contributed by atoms with Gasteiger partial charge in [-0.25, -0.2) is 0 Å². The largest absolute Gasteiger partial charge is 0.352 e. The number of carbonyl (C=O) groups is 4.